The molecule has 118 valence electrons. The fraction of sp³-hybridized carbons (Fsp3) is 0.500. The van der Waals surface area contributed by atoms with Gasteiger partial charge in [-0.2, -0.15) is 0 Å². The first-order valence-corrected chi connectivity index (χ1v) is 10.0. The maximum atomic E-state index is 14.0. The van der Waals surface area contributed by atoms with E-state index < -0.39 is 42.9 Å². The largest absolute Gasteiger partial charge is 0.444 e. The van der Waals surface area contributed by atoms with E-state index in [1.807, 2.05) is 5.32 Å². The fourth-order valence-electron chi connectivity index (χ4n) is 1.79. The van der Waals surface area contributed by atoms with E-state index in [-0.39, 0.29) is 5.19 Å². The Morgan fingerprint density at radius 3 is 2.10 bits per heavy atom. The Morgan fingerprint density at radius 2 is 1.67 bits per heavy atom. The molecule has 0 atom stereocenters. The maximum absolute atomic E-state index is 14.0. The minimum Gasteiger partial charge on any atom is -0.444 e. The van der Waals surface area contributed by atoms with Crippen molar-refractivity contribution in [2.75, 3.05) is 5.32 Å². The van der Waals surface area contributed by atoms with Crippen molar-refractivity contribution in [2.24, 2.45) is 0 Å². The van der Waals surface area contributed by atoms with Crippen LogP contribution in [0.3, 0.4) is 0 Å². The fourth-order valence-corrected chi connectivity index (χ4v) is 3.34. The van der Waals surface area contributed by atoms with Gasteiger partial charge >= 0.3 is 6.09 Å². The van der Waals surface area contributed by atoms with Gasteiger partial charge in [0, 0.05) is 11.3 Å². The number of hydrogen-bond acceptors (Lipinski definition) is 2. The number of benzene rings is 1. The van der Waals surface area contributed by atoms with Gasteiger partial charge < -0.3 is 4.74 Å². The van der Waals surface area contributed by atoms with E-state index in [2.05, 4.69) is 0 Å². The topological polar surface area (TPSA) is 38.3 Å². The summed E-state index contributed by atoms with van der Waals surface area (Å²) in [5.41, 5.74) is -1.36. The SMILES string of the molecule is CC(C)(C)OC(=O)Nc1cc(F)c([Si](C)(C)C)c(F)c1F. The average Bonchev–Trinajstić information content (AvgIpc) is 2.20. The molecule has 0 spiro atoms. The number of ether oxygens (including phenoxy) is 1. The number of nitrogens with one attached hydrogen (secondary N) is 1. The Labute approximate surface area is 123 Å². The third-order valence-electron chi connectivity index (χ3n) is 2.54. The van der Waals surface area contributed by atoms with Gasteiger partial charge in [-0.15, -0.1) is 0 Å². The number of halogens is 3. The molecule has 7 heteroatoms. The van der Waals surface area contributed by atoms with Crippen LogP contribution in [-0.4, -0.2) is 19.8 Å². The molecule has 0 aliphatic rings. The molecule has 0 aliphatic heterocycles. The van der Waals surface area contributed by atoms with Gasteiger partial charge in [0.15, 0.2) is 11.6 Å². The van der Waals surface area contributed by atoms with E-state index in [0.717, 1.165) is 6.07 Å². The van der Waals surface area contributed by atoms with Crippen molar-refractivity contribution >= 4 is 25.0 Å². The van der Waals surface area contributed by atoms with Crippen molar-refractivity contribution in [2.45, 2.75) is 46.0 Å². The maximum Gasteiger partial charge on any atom is 0.412 e. The summed E-state index contributed by atoms with van der Waals surface area (Å²) in [5, 5.41) is 1.80. The highest BCUT2D eigenvalue weighted by molar-refractivity contribution is 6.88. The molecule has 0 saturated carbocycles. The number of rotatable bonds is 2. The summed E-state index contributed by atoms with van der Waals surface area (Å²) in [6.07, 6.45) is -0.971. The summed E-state index contributed by atoms with van der Waals surface area (Å²) < 4.78 is 46.9. The molecule has 0 radical (unpaired) electrons. The van der Waals surface area contributed by atoms with Crippen LogP contribution in [0.15, 0.2) is 6.07 Å². The first kappa shape index (κ1) is 17.5. The summed E-state index contributed by atoms with van der Waals surface area (Å²) in [4.78, 5) is 11.5. The Kier molecular flexibility index (Phi) is 4.77. The summed E-state index contributed by atoms with van der Waals surface area (Å²) in [6.45, 7) is 9.98. The Bertz CT molecular complexity index is 563. The molecule has 0 heterocycles. The lowest BCUT2D eigenvalue weighted by Crippen LogP contribution is -2.43. The Balaban J connectivity index is 3.16. The van der Waals surface area contributed by atoms with Gasteiger partial charge in [0.1, 0.15) is 11.4 Å². The van der Waals surface area contributed by atoms with Crippen LogP contribution in [0.25, 0.3) is 0 Å². The predicted octanol–water partition coefficient (Wildman–Crippen LogP) is 4.00. The molecular formula is C14H20F3NO2Si. The second-order valence-electron chi connectivity index (χ2n) is 6.79. The van der Waals surface area contributed by atoms with Gasteiger partial charge in [-0.05, 0) is 20.8 Å². The minimum absolute atomic E-state index is 0.227. The first-order chi connectivity index (χ1) is 9.33. The lowest BCUT2D eigenvalue weighted by atomic mass is 10.2. The first-order valence-electron chi connectivity index (χ1n) is 6.51. The van der Waals surface area contributed by atoms with Crippen LogP contribution in [-0.2, 0) is 4.74 Å². The normalized spacial score (nSPS) is 12.2. The van der Waals surface area contributed by atoms with Gasteiger partial charge in [0.25, 0.3) is 0 Å². The molecule has 0 unspecified atom stereocenters. The molecule has 1 N–H and O–H groups in total. The molecule has 1 aromatic rings. The smallest absolute Gasteiger partial charge is 0.412 e. The molecule has 3 nitrogen and oxygen atoms in total. The molecule has 0 aromatic heterocycles. The lowest BCUT2D eigenvalue weighted by molar-refractivity contribution is 0.0635. The number of hydrogen-bond donors (Lipinski definition) is 1. The zero-order valence-electron chi connectivity index (χ0n) is 13.0. The molecule has 0 aliphatic carbocycles. The summed E-state index contributed by atoms with van der Waals surface area (Å²) >= 11 is 0. The zero-order valence-corrected chi connectivity index (χ0v) is 14.0. The van der Waals surface area contributed by atoms with Gasteiger partial charge in [0.05, 0.1) is 13.8 Å². The second kappa shape index (κ2) is 5.71. The van der Waals surface area contributed by atoms with Gasteiger partial charge in [-0.25, -0.2) is 18.0 Å². The van der Waals surface area contributed by atoms with Gasteiger partial charge in [0.2, 0.25) is 0 Å². The van der Waals surface area contributed by atoms with Crippen LogP contribution < -0.4 is 10.5 Å². The van der Waals surface area contributed by atoms with E-state index in [9.17, 15) is 18.0 Å². The van der Waals surface area contributed by atoms with E-state index >= 15 is 0 Å². The van der Waals surface area contributed by atoms with Crippen LogP contribution in [0.5, 0.6) is 0 Å². The molecule has 1 amide bonds. The van der Waals surface area contributed by atoms with E-state index in [0.29, 0.717) is 0 Å². The van der Waals surface area contributed by atoms with Crippen LogP contribution in [0.2, 0.25) is 19.6 Å². The molecule has 0 fully saturated rings. The van der Waals surface area contributed by atoms with Crippen LogP contribution in [0.4, 0.5) is 23.7 Å². The minimum atomic E-state index is -2.39. The van der Waals surface area contributed by atoms with Crippen molar-refractivity contribution in [1.29, 1.82) is 0 Å². The van der Waals surface area contributed by atoms with Crippen LogP contribution in [0.1, 0.15) is 20.8 Å². The van der Waals surface area contributed by atoms with E-state index in [4.69, 9.17) is 4.74 Å². The standard InChI is InChI=1S/C14H20F3NO2Si/c1-14(2,3)20-13(19)18-9-7-8(15)12(21(4,5)6)11(17)10(9)16/h7H,1-6H3,(H,18,19). The lowest BCUT2D eigenvalue weighted by Gasteiger charge is -2.22. The van der Waals surface area contributed by atoms with Crippen molar-refractivity contribution in [1.82, 2.24) is 0 Å². The Hall–Kier alpha value is -1.50. The molecule has 21 heavy (non-hydrogen) atoms. The third-order valence-corrected chi connectivity index (χ3v) is 4.50. The highest BCUT2D eigenvalue weighted by Gasteiger charge is 2.30. The second-order valence-corrected chi connectivity index (χ2v) is 11.8. The van der Waals surface area contributed by atoms with E-state index in [1.54, 1.807) is 40.4 Å². The molecule has 1 aromatic carbocycles. The highest BCUT2D eigenvalue weighted by Crippen LogP contribution is 2.22. The van der Waals surface area contributed by atoms with Crippen molar-refractivity contribution < 1.29 is 22.7 Å². The number of anilines is 1. The zero-order chi connectivity index (χ0) is 16.6. The number of carbonyl (C=O) groups excluding carboxylic acids is 1. The third kappa shape index (κ3) is 4.49. The summed E-state index contributed by atoms with van der Waals surface area (Å²) in [6, 6.07) is 0.788. The van der Waals surface area contributed by atoms with Gasteiger partial charge in [-0.1, -0.05) is 19.6 Å². The van der Waals surface area contributed by atoms with Crippen LogP contribution >= 0.6 is 0 Å². The van der Waals surface area contributed by atoms with Crippen molar-refractivity contribution in [3.63, 3.8) is 0 Å². The quantitative estimate of drug-likeness (QED) is 0.661. The van der Waals surface area contributed by atoms with Crippen molar-refractivity contribution in [3.05, 3.63) is 23.5 Å². The highest BCUT2D eigenvalue weighted by atomic mass is 28.3. The summed E-state index contributed by atoms with van der Waals surface area (Å²) in [7, 11) is -2.39. The van der Waals surface area contributed by atoms with Crippen LogP contribution in [0, 0.1) is 17.5 Å². The molecule has 0 saturated heterocycles. The number of carbonyl (C=O) groups is 1. The van der Waals surface area contributed by atoms with Gasteiger partial charge in [-0.3, -0.25) is 5.32 Å². The monoisotopic (exact) mass is 319 g/mol. The van der Waals surface area contributed by atoms with E-state index in [1.165, 1.54) is 0 Å². The molecular weight excluding hydrogens is 299 g/mol. The molecule has 0 bridgehead atoms. The summed E-state index contributed by atoms with van der Waals surface area (Å²) in [5.74, 6) is -3.39. The predicted molar refractivity (Wildman–Crippen MR) is 79.2 cm³/mol. The Morgan fingerprint density at radius 1 is 1.14 bits per heavy atom. The molecule has 1 rings (SSSR count). The van der Waals surface area contributed by atoms with Crippen molar-refractivity contribution in [3.8, 4) is 0 Å². The average molecular weight is 319 g/mol. The number of amides is 1.